The smallest absolute Gasteiger partial charge is 0.0994 e. The zero-order valence-electron chi connectivity index (χ0n) is 7.49. The molecule has 0 unspecified atom stereocenters. The van der Waals surface area contributed by atoms with Gasteiger partial charge in [0, 0.05) is 12.9 Å². The SMILES string of the molecule is COCSCc1ccccc1C#N. The minimum absolute atomic E-state index is 0.666. The minimum atomic E-state index is 0.666. The fourth-order valence-electron chi connectivity index (χ4n) is 0.990. The number of rotatable bonds is 4. The zero-order valence-corrected chi connectivity index (χ0v) is 8.30. The molecule has 0 aliphatic rings. The first-order valence-electron chi connectivity index (χ1n) is 3.93. The second-order valence-corrected chi connectivity index (χ2v) is 3.46. The maximum absolute atomic E-state index is 8.78. The third kappa shape index (κ3) is 3.10. The number of methoxy groups -OCH3 is 1. The van der Waals surface area contributed by atoms with Crippen molar-refractivity contribution in [1.29, 1.82) is 5.26 Å². The molecular weight excluding hydrogens is 182 g/mol. The van der Waals surface area contributed by atoms with Crippen LogP contribution < -0.4 is 0 Å². The maximum atomic E-state index is 8.78. The summed E-state index contributed by atoms with van der Waals surface area (Å²) in [5.74, 6) is 1.50. The summed E-state index contributed by atoms with van der Waals surface area (Å²) in [4.78, 5) is 0. The number of hydrogen-bond acceptors (Lipinski definition) is 3. The number of hydrogen-bond donors (Lipinski definition) is 0. The van der Waals surface area contributed by atoms with Gasteiger partial charge in [0.05, 0.1) is 17.6 Å². The van der Waals surface area contributed by atoms with Gasteiger partial charge in [0.2, 0.25) is 0 Å². The number of nitrogens with zero attached hydrogens (tertiary/aromatic N) is 1. The molecule has 0 N–H and O–H groups in total. The molecule has 1 aromatic carbocycles. The van der Waals surface area contributed by atoms with Gasteiger partial charge in [0.15, 0.2) is 0 Å². The largest absolute Gasteiger partial charge is 0.374 e. The van der Waals surface area contributed by atoms with E-state index in [1.807, 2.05) is 24.3 Å². The number of thioether (sulfide) groups is 1. The Morgan fingerprint density at radius 2 is 2.23 bits per heavy atom. The Bertz CT molecular complexity index is 306. The highest BCUT2D eigenvalue weighted by Crippen LogP contribution is 2.15. The summed E-state index contributed by atoms with van der Waals surface area (Å²) in [6.07, 6.45) is 0. The normalized spacial score (nSPS) is 9.54. The Morgan fingerprint density at radius 1 is 1.46 bits per heavy atom. The van der Waals surface area contributed by atoms with Crippen molar-refractivity contribution >= 4 is 11.8 Å². The highest BCUT2D eigenvalue weighted by molar-refractivity contribution is 7.98. The fraction of sp³-hybridized carbons (Fsp3) is 0.300. The van der Waals surface area contributed by atoms with Crippen molar-refractivity contribution < 1.29 is 4.74 Å². The first-order chi connectivity index (χ1) is 6.38. The monoisotopic (exact) mass is 193 g/mol. The van der Waals surface area contributed by atoms with E-state index in [0.29, 0.717) is 5.94 Å². The van der Waals surface area contributed by atoms with Crippen LogP contribution in [-0.2, 0) is 10.5 Å². The van der Waals surface area contributed by atoms with E-state index in [1.165, 1.54) is 0 Å². The molecule has 0 heterocycles. The van der Waals surface area contributed by atoms with E-state index in [4.69, 9.17) is 10.00 Å². The molecule has 0 aliphatic heterocycles. The lowest BCUT2D eigenvalue weighted by molar-refractivity contribution is 0.259. The van der Waals surface area contributed by atoms with Crippen LogP contribution >= 0.6 is 11.8 Å². The molecule has 0 atom stereocenters. The fourth-order valence-corrected chi connectivity index (χ4v) is 1.71. The van der Waals surface area contributed by atoms with E-state index in [9.17, 15) is 0 Å². The molecule has 0 aromatic heterocycles. The van der Waals surface area contributed by atoms with Gasteiger partial charge < -0.3 is 4.74 Å². The van der Waals surface area contributed by atoms with Crippen LogP contribution in [0.25, 0.3) is 0 Å². The third-order valence-corrected chi connectivity index (χ3v) is 2.51. The quantitative estimate of drug-likeness (QED) is 0.543. The second-order valence-electron chi connectivity index (χ2n) is 2.52. The van der Waals surface area contributed by atoms with E-state index in [-0.39, 0.29) is 0 Å². The molecule has 0 bridgehead atoms. The van der Waals surface area contributed by atoms with Gasteiger partial charge in [-0.15, -0.1) is 11.8 Å². The average Bonchev–Trinajstić information content (AvgIpc) is 2.19. The molecular formula is C10H11NOS. The van der Waals surface area contributed by atoms with Crippen LogP contribution in [0.5, 0.6) is 0 Å². The van der Waals surface area contributed by atoms with Gasteiger partial charge in [0.1, 0.15) is 0 Å². The Balaban J connectivity index is 2.60. The molecule has 2 nitrogen and oxygen atoms in total. The van der Waals surface area contributed by atoms with E-state index < -0.39 is 0 Å². The summed E-state index contributed by atoms with van der Waals surface area (Å²) in [7, 11) is 1.67. The molecule has 0 aliphatic carbocycles. The summed E-state index contributed by atoms with van der Waals surface area (Å²) in [6, 6.07) is 9.80. The highest BCUT2D eigenvalue weighted by atomic mass is 32.2. The van der Waals surface area contributed by atoms with Gasteiger partial charge in [-0.3, -0.25) is 0 Å². The second kappa shape index (κ2) is 5.63. The predicted octanol–water partition coefficient (Wildman–Crippen LogP) is 2.40. The standard InChI is InChI=1S/C10H11NOS/c1-12-8-13-7-10-5-3-2-4-9(10)6-11/h2-5H,7-8H2,1H3. The van der Waals surface area contributed by atoms with Crippen molar-refractivity contribution in [2.75, 3.05) is 13.0 Å². The molecule has 1 rings (SSSR count). The Morgan fingerprint density at radius 3 is 2.92 bits per heavy atom. The van der Waals surface area contributed by atoms with Gasteiger partial charge in [-0.2, -0.15) is 5.26 Å². The Kier molecular flexibility index (Phi) is 4.37. The van der Waals surface area contributed by atoms with Crippen LogP contribution in [0.1, 0.15) is 11.1 Å². The molecule has 3 heteroatoms. The highest BCUT2D eigenvalue weighted by Gasteiger charge is 1.99. The summed E-state index contributed by atoms with van der Waals surface area (Å²) in [5, 5.41) is 8.78. The Hall–Kier alpha value is -0.980. The number of benzene rings is 1. The van der Waals surface area contributed by atoms with Crippen LogP contribution in [0, 0.1) is 11.3 Å². The molecule has 0 saturated carbocycles. The lowest BCUT2D eigenvalue weighted by Gasteiger charge is -2.02. The van der Waals surface area contributed by atoms with E-state index in [2.05, 4.69) is 6.07 Å². The molecule has 0 radical (unpaired) electrons. The molecule has 0 spiro atoms. The third-order valence-electron chi connectivity index (χ3n) is 1.60. The summed E-state index contributed by atoms with van der Waals surface area (Å²) in [6.45, 7) is 0. The van der Waals surface area contributed by atoms with E-state index >= 15 is 0 Å². The van der Waals surface area contributed by atoms with Crippen molar-refractivity contribution in [3.8, 4) is 6.07 Å². The number of nitriles is 1. The van der Waals surface area contributed by atoms with Crippen LogP contribution in [0.4, 0.5) is 0 Å². The van der Waals surface area contributed by atoms with Crippen molar-refractivity contribution in [3.63, 3.8) is 0 Å². The van der Waals surface area contributed by atoms with Gasteiger partial charge in [-0.1, -0.05) is 18.2 Å². The van der Waals surface area contributed by atoms with Crippen molar-refractivity contribution in [1.82, 2.24) is 0 Å². The molecule has 0 amide bonds. The first kappa shape index (κ1) is 10.1. The average molecular weight is 193 g/mol. The van der Waals surface area contributed by atoms with Crippen LogP contribution in [-0.4, -0.2) is 13.0 Å². The predicted molar refractivity (Wildman–Crippen MR) is 54.3 cm³/mol. The maximum Gasteiger partial charge on any atom is 0.0994 e. The van der Waals surface area contributed by atoms with Gasteiger partial charge in [-0.25, -0.2) is 0 Å². The summed E-state index contributed by atoms with van der Waals surface area (Å²) >= 11 is 1.66. The lowest BCUT2D eigenvalue weighted by Crippen LogP contribution is -1.88. The Labute approximate surface area is 82.5 Å². The zero-order chi connectivity index (χ0) is 9.52. The summed E-state index contributed by atoms with van der Waals surface area (Å²) in [5.41, 5.74) is 1.83. The van der Waals surface area contributed by atoms with Crippen molar-refractivity contribution in [2.45, 2.75) is 5.75 Å². The van der Waals surface area contributed by atoms with Gasteiger partial charge >= 0.3 is 0 Å². The van der Waals surface area contributed by atoms with Crippen molar-refractivity contribution in [2.24, 2.45) is 0 Å². The van der Waals surface area contributed by atoms with Gasteiger partial charge in [0.25, 0.3) is 0 Å². The molecule has 1 aromatic rings. The summed E-state index contributed by atoms with van der Waals surface area (Å²) < 4.78 is 4.92. The minimum Gasteiger partial charge on any atom is -0.374 e. The van der Waals surface area contributed by atoms with Crippen molar-refractivity contribution in [3.05, 3.63) is 35.4 Å². The number of ether oxygens (including phenoxy) is 1. The van der Waals surface area contributed by atoms with E-state index in [0.717, 1.165) is 16.9 Å². The first-order valence-corrected chi connectivity index (χ1v) is 5.08. The molecule has 68 valence electrons. The molecule has 13 heavy (non-hydrogen) atoms. The van der Waals surface area contributed by atoms with Crippen LogP contribution in [0.2, 0.25) is 0 Å². The lowest BCUT2D eigenvalue weighted by atomic mass is 10.1. The topological polar surface area (TPSA) is 33.0 Å². The van der Waals surface area contributed by atoms with Gasteiger partial charge in [-0.05, 0) is 11.6 Å². The van der Waals surface area contributed by atoms with Crippen LogP contribution in [0.3, 0.4) is 0 Å². The molecule has 0 fully saturated rings. The van der Waals surface area contributed by atoms with Crippen LogP contribution in [0.15, 0.2) is 24.3 Å². The molecule has 0 saturated heterocycles. The van der Waals surface area contributed by atoms with E-state index in [1.54, 1.807) is 18.9 Å².